The Bertz CT molecular complexity index is 452. The van der Waals surface area contributed by atoms with Crippen LogP contribution in [0, 0.1) is 5.92 Å². The van der Waals surface area contributed by atoms with Crippen LogP contribution in [0.2, 0.25) is 0 Å². The maximum absolute atomic E-state index is 11.5. The minimum Gasteiger partial charge on any atom is -0.382 e. The van der Waals surface area contributed by atoms with Gasteiger partial charge in [0.15, 0.2) is 5.82 Å². The highest BCUT2D eigenvalue weighted by molar-refractivity contribution is 5.90. The summed E-state index contributed by atoms with van der Waals surface area (Å²) in [5.41, 5.74) is 5.30. The van der Waals surface area contributed by atoms with Crippen molar-refractivity contribution in [3.63, 3.8) is 0 Å². The van der Waals surface area contributed by atoms with Crippen molar-refractivity contribution in [1.82, 2.24) is 9.97 Å². The zero-order valence-corrected chi connectivity index (χ0v) is 9.42. The normalized spacial score (nSPS) is 10.2. The Labute approximate surface area is 92.5 Å². The van der Waals surface area contributed by atoms with Crippen molar-refractivity contribution in [1.29, 1.82) is 0 Å². The molecule has 1 amide bonds. The highest BCUT2D eigenvalue weighted by Gasteiger charge is 2.11. The van der Waals surface area contributed by atoms with Crippen molar-refractivity contribution < 1.29 is 4.79 Å². The number of nitrogens with two attached hydrogens (primary N) is 1. The van der Waals surface area contributed by atoms with Crippen LogP contribution in [-0.2, 0) is 4.79 Å². The molecule has 0 aliphatic rings. The summed E-state index contributed by atoms with van der Waals surface area (Å²) in [5.74, 6) is -0.333. The van der Waals surface area contributed by atoms with Crippen molar-refractivity contribution in [2.24, 2.45) is 5.92 Å². The highest BCUT2D eigenvalue weighted by atomic mass is 16.2. The van der Waals surface area contributed by atoms with Gasteiger partial charge < -0.3 is 11.1 Å². The second kappa shape index (κ2) is 4.65. The van der Waals surface area contributed by atoms with E-state index in [2.05, 4.69) is 20.6 Å². The molecular formula is C9H15N5O2. The molecule has 0 atom stereocenters. The van der Waals surface area contributed by atoms with Crippen LogP contribution in [0.4, 0.5) is 17.5 Å². The molecule has 0 aromatic carbocycles. The molecule has 0 aliphatic heterocycles. The van der Waals surface area contributed by atoms with Crippen LogP contribution < -0.4 is 21.9 Å². The summed E-state index contributed by atoms with van der Waals surface area (Å²) in [7, 11) is 1.56. The number of amides is 1. The maximum atomic E-state index is 11.5. The summed E-state index contributed by atoms with van der Waals surface area (Å²) in [6.07, 6.45) is 0. The molecule has 7 nitrogen and oxygen atoms in total. The number of anilines is 3. The first-order chi connectivity index (χ1) is 7.45. The minimum atomic E-state index is -0.422. The first-order valence-electron chi connectivity index (χ1n) is 4.84. The first kappa shape index (κ1) is 12.0. The van der Waals surface area contributed by atoms with Gasteiger partial charge in [-0.2, -0.15) is 4.98 Å². The van der Waals surface area contributed by atoms with E-state index in [0.717, 1.165) is 0 Å². The molecule has 1 heterocycles. The number of aromatic amines is 1. The molecule has 0 fully saturated rings. The summed E-state index contributed by atoms with van der Waals surface area (Å²) in [5, 5.41) is 5.08. The van der Waals surface area contributed by atoms with E-state index in [9.17, 15) is 9.59 Å². The molecule has 0 spiro atoms. The number of H-pyrrole nitrogens is 1. The summed E-state index contributed by atoms with van der Waals surface area (Å²) >= 11 is 0. The third kappa shape index (κ3) is 2.50. The van der Waals surface area contributed by atoms with E-state index in [1.807, 2.05) is 0 Å². The van der Waals surface area contributed by atoms with Crippen molar-refractivity contribution in [2.75, 3.05) is 23.4 Å². The Balaban J connectivity index is 3.01. The Morgan fingerprint density at radius 1 is 1.50 bits per heavy atom. The predicted octanol–water partition coefficient (Wildman–Crippen LogP) is -0.0117. The topological polar surface area (TPSA) is 113 Å². The minimum absolute atomic E-state index is 0.0466. The number of hydrogen-bond donors (Lipinski definition) is 4. The van der Waals surface area contributed by atoms with E-state index in [1.165, 1.54) is 0 Å². The Morgan fingerprint density at radius 3 is 2.56 bits per heavy atom. The number of rotatable bonds is 3. The fourth-order valence-corrected chi connectivity index (χ4v) is 1.05. The predicted molar refractivity (Wildman–Crippen MR) is 62.3 cm³/mol. The molecule has 1 rings (SSSR count). The van der Waals surface area contributed by atoms with E-state index in [0.29, 0.717) is 0 Å². The Kier molecular flexibility index (Phi) is 3.49. The molecule has 7 heteroatoms. The van der Waals surface area contributed by atoms with Gasteiger partial charge in [0.1, 0.15) is 5.69 Å². The van der Waals surface area contributed by atoms with Gasteiger partial charge in [0.2, 0.25) is 11.9 Å². The molecule has 5 N–H and O–H groups in total. The van der Waals surface area contributed by atoms with Gasteiger partial charge in [-0.1, -0.05) is 13.8 Å². The van der Waals surface area contributed by atoms with E-state index in [1.54, 1.807) is 20.9 Å². The standard InChI is InChI=1S/C9H15N5O2/c1-4(2)7(15)13-9-12-6(10)5(11-3)8(16)14-9/h4,11H,1-3H3,(H4,10,12,13,14,15,16). The van der Waals surface area contributed by atoms with E-state index in [-0.39, 0.29) is 29.3 Å². The number of carbonyl (C=O) groups is 1. The lowest BCUT2D eigenvalue weighted by Gasteiger charge is -2.08. The third-order valence-electron chi connectivity index (χ3n) is 1.96. The highest BCUT2D eigenvalue weighted by Crippen LogP contribution is 2.10. The Hall–Kier alpha value is -2.05. The van der Waals surface area contributed by atoms with Crippen LogP contribution in [0.1, 0.15) is 13.8 Å². The lowest BCUT2D eigenvalue weighted by molar-refractivity contribution is -0.118. The van der Waals surface area contributed by atoms with Crippen molar-refractivity contribution in [3.8, 4) is 0 Å². The van der Waals surface area contributed by atoms with Crippen LogP contribution in [0.5, 0.6) is 0 Å². The molecule has 0 saturated heterocycles. The molecule has 1 aromatic rings. The second-order valence-electron chi connectivity index (χ2n) is 3.57. The molecule has 1 aromatic heterocycles. The molecule has 0 radical (unpaired) electrons. The lowest BCUT2D eigenvalue weighted by atomic mass is 10.2. The maximum Gasteiger partial charge on any atom is 0.277 e. The van der Waals surface area contributed by atoms with Gasteiger partial charge in [0.25, 0.3) is 5.56 Å². The van der Waals surface area contributed by atoms with Gasteiger partial charge in [0, 0.05) is 13.0 Å². The second-order valence-corrected chi connectivity index (χ2v) is 3.57. The number of carbonyl (C=O) groups excluding carboxylic acids is 1. The number of hydrogen-bond acceptors (Lipinski definition) is 5. The van der Waals surface area contributed by atoms with Crippen molar-refractivity contribution in [3.05, 3.63) is 10.4 Å². The molecule has 0 saturated carbocycles. The SMILES string of the molecule is CNc1c(N)nc(NC(=O)C(C)C)[nH]c1=O. The third-order valence-corrected chi connectivity index (χ3v) is 1.96. The van der Waals surface area contributed by atoms with Crippen LogP contribution in [-0.4, -0.2) is 22.9 Å². The van der Waals surface area contributed by atoms with Crippen LogP contribution in [0.15, 0.2) is 4.79 Å². The van der Waals surface area contributed by atoms with E-state index in [4.69, 9.17) is 5.73 Å². The molecule has 0 unspecified atom stereocenters. The molecular weight excluding hydrogens is 210 g/mol. The van der Waals surface area contributed by atoms with Crippen LogP contribution in [0.25, 0.3) is 0 Å². The van der Waals surface area contributed by atoms with Crippen molar-refractivity contribution >= 4 is 23.4 Å². The zero-order valence-electron chi connectivity index (χ0n) is 9.42. The summed E-state index contributed by atoms with van der Waals surface area (Å²) in [6, 6.07) is 0. The first-order valence-corrected chi connectivity index (χ1v) is 4.84. The molecule has 88 valence electrons. The van der Waals surface area contributed by atoms with Gasteiger partial charge in [-0.25, -0.2) is 0 Å². The number of nitrogens with one attached hydrogen (secondary N) is 3. The fraction of sp³-hybridized carbons (Fsp3) is 0.444. The molecule has 16 heavy (non-hydrogen) atoms. The smallest absolute Gasteiger partial charge is 0.277 e. The van der Waals surface area contributed by atoms with E-state index >= 15 is 0 Å². The van der Waals surface area contributed by atoms with Gasteiger partial charge in [-0.05, 0) is 0 Å². The quantitative estimate of drug-likeness (QED) is 0.577. The van der Waals surface area contributed by atoms with Crippen LogP contribution in [0.3, 0.4) is 0 Å². The number of aromatic nitrogens is 2. The largest absolute Gasteiger partial charge is 0.382 e. The number of nitrogen functional groups attached to an aromatic ring is 1. The van der Waals surface area contributed by atoms with Crippen LogP contribution >= 0.6 is 0 Å². The fourth-order valence-electron chi connectivity index (χ4n) is 1.05. The summed E-state index contributed by atoms with van der Waals surface area (Å²) in [6.45, 7) is 3.47. The molecule has 0 aliphatic carbocycles. The van der Waals surface area contributed by atoms with Gasteiger partial charge in [-0.3, -0.25) is 19.9 Å². The number of nitrogens with zero attached hydrogens (tertiary/aromatic N) is 1. The van der Waals surface area contributed by atoms with Gasteiger partial charge >= 0.3 is 0 Å². The summed E-state index contributed by atoms with van der Waals surface area (Å²) in [4.78, 5) is 29.1. The summed E-state index contributed by atoms with van der Waals surface area (Å²) < 4.78 is 0. The monoisotopic (exact) mass is 225 g/mol. The molecule has 0 bridgehead atoms. The average Bonchev–Trinajstić information content (AvgIpc) is 2.16. The van der Waals surface area contributed by atoms with E-state index < -0.39 is 5.56 Å². The van der Waals surface area contributed by atoms with Crippen molar-refractivity contribution in [2.45, 2.75) is 13.8 Å². The van der Waals surface area contributed by atoms with Gasteiger partial charge in [0.05, 0.1) is 0 Å². The Morgan fingerprint density at radius 2 is 2.12 bits per heavy atom. The lowest BCUT2D eigenvalue weighted by Crippen LogP contribution is -2.24. The average molecular weight is 225 g/mol. The van der Waals surface area contributed by atoms with Gasteiger partial charge in [-0.15, -0.1) is 0 Å². The zero-order chi connectivity index (χ0) is 12.3.